The number of aromatic nitrogens is 4. The van der Waals surface area contributed by atoms with Gasteiger partial charge in [-0.25, -0.2) is 4.68 Å². The second-order valence-corrected chi connectivity index (χ2v) is 5.88. The van der Waals surface area contributed by atoms with Crippen molar-refractivity contribution in [2.45, 2.75) is 42.4 Å². The van der Waals surface area contributed by atoms with Crippen LogP contribution < -0.4 is 5.32 Å². The van der Waals surface area contributed by atoms with Crippen LogP contribution in [0.15, 0.2) is 28.3 Å². The highest BCUT2D eigenvalue weighted by atomic mass is 32.2. The predicted octanol–water partition coefficient (Wildman–Crippen LogP) is 2.19. The maximum Gasteiger partial charge on any atom is 0.214 e. The molecular weight excluding hydrogens is 258 g/mol. The van der Waals surface area contributed by atoms with E-state index in [2.05, 4.69) is 46.0 Å². The summed E-state index contributed by atoms with van der Waals surface area (Å²) >= 11 is 1.65. The molecular formula is C13H17N5S. The molecule has 0 saturated heterocycles. The number of aryl methyl sites for hydroxylation is 1. The van der Waals surface area contributed by atoms with Crippen molar-refractivity contribution in [3.63, 3.8) is 0 Å². The number of nitrogens with one attached hydrogen (secondary N) is 1. The molecule has 5 nitrogen and oxygen atoms in total. The summed E-state index contributed by atoms with van der Waals surface area (Å²) in [6, 6.07) is 7.03. The lowest BCUT2D eigenvalue weighted by atomic mass is 10.1. The maximum absolute atomic E-state index is 4.13. The minimum Gasteiger partial charge on any atom is -0.316 e. The van der Waals surface area contributed by atoms with Gasteiger partial charge in [-0.05, 0) is 66.2 Å². The summed E-state index contributed by atoms with van der Waals surface area (Å²) in [5, 5.41) is 16.0. The highest BCUT2D eigenvalue weighted by Crippen LogP contribution is 2.38. The Balaban J connectivity index is 1.80. The smallest absolute Gasteiger partial charge is 0.214 e. The van der Waals surface area contributed by atoms with Gasteiger partial charge in [0.2, 0.25) is 5.16 Å². The largest absolute Gasteiger partial charge is 0.316 e. The topological polar surface area (TPSA) is 55.6 Å². The lowest BCUT2D eigenvalue weighted by Gasteiger charge is -2.08. The average Bonchev–Trinajstić information content (AvgIpc) is 3.14. The van der Waals surface area contributed by atoms with Crippen LogP contribution in [-0.2, 0) is 6.54 Å². The van der Waals surface area contributed by atoms with E-state index in [1.165, 1.54) is 28.9 Å². The monoisotopic (exact) mass is 275 g/mol. The van der Waals surface area contributed by atoms with E-state index in [-0.39, 0.29) is 0 Å². The molecule has 1 heterocycles. The van der Waals surface area contributed by atoms with Crippen molar-refractivity contribution in [2.75, 3.05) is 7.05 Å². The Morgan fingerprint density at radius 3 is 2.95 bits per heavy atom. The molecule has 1 aromatic heterocycles. The fourth-order valence-electron chi connectivity index (χ4n) is 2.04. The van der Waals surface area contributed by atoms with Gasteiger partial charge in [-0.3, -0.25) is 0 Å². The molecule has 1 N–H and O–H groups in total. The van der Waals surface area contributed by atoms with Crippen molar-refractivity contribution < 1.29 is 0 Å². The van der Waals surface area contributed by atoms with E-state index in [0.717, 1.165) is 11.7 Å². The molecule has 0 spiro atoms. The van der Waals surface area contributed by atoms with Crippen molar-refractivity contribution >= 4 is 11.8 Å². The second-order valence-electron chi connectivity index (χ2n) is 4.87. The summed E-state index contributed by atoms with van der Waals surface area (Å²) in [6.45, 7) is 3.03. The zero-order valence-electron chi connectivity index (χ0n) is 11.1. The third-order valence-electron chi connectivity index (χ3n) is 3.18. The average molecular weight is 275 g/mol. The minimum atomic E-state index is 0.515. The molecule has 0 aliphatic heterocycles. The van der Waals surface area contributed by atoms with E-state index in [0.29, 0.717) is 6.04 Å². The first-order valence-electron chi connectivity index (χ1n) is 6.48. The van der Waals surface area contributed by atoms with Crippen LogP contribution in [0, 0.1) is 6.92 Å². The molecule has 0 bridgehead atoms. The molecule has 2 aromatic rings. The quantitative estimate of drug-likeness (QED) is 0.906. The summed E-state index contributed by atoms with van der Waals surface area (Å²) in [5.74, 6) is 0. The molecule has 0 amide bonds. The third-order valence-corrected chi connectivity index (χ3v) is 4.31. The molecule has 0 radical (unpaired) electrons. The molecule has 1 aliphatic rings. The van der Waals surface area contributed by atoms with Gasteiger partial charge in [0.1, 0.15) is 0 Å². The van der Waals surface area contributed by atoms with Crippen LogP contribution in [-0.4, -0.2) is 27.3 Å². The number of rotatable bonds is 5. The fourth-order valence-corrected chi connectivity index (χ4v) is 2.95. The standard InChI is InChI=1S/C13H17N5S/c1-9-7-10(8-14-2)3-6-12(9)19-13-15-16-17-18(13)11-4-5-11/h3,6-7,11,14H,4-5,8H2,1-2H3. The van der Waals surface area contributed by atoms with E-state index >= 15 is 0 Å². The van der Waals surface area contributed by atoms with Crippen LogP contribution in [0.1, 0.15) is 30.0 Å². The lowest BCUT2D eigenvalue weighted by Crippen LogP contribution is -2.05. The fraction of sp³-hybridized carbons (Fsp3) is 0.462. The van der Waals surface area contributed by atoms with Crippen molar-refractivity contribution in [1.82, 2.24) is 25.5 Å². The molecule has 1 aromatic carbocycles. The number of hydrogen-bond donors (Lipinski definition) is 1. The van der Waals surface area contributed by atoms with E-state index in [4.69, 9.17) is 0 Å². The summed E-state index contributed by atoms with van der Waals surface area (Å²) in [5.41, 5.74) is 2.56. The van der Waals surface area contributed by atoms with Crippen LogP contribution in [0.4, 0.5) is 0 Å². The van der Waals surface area contributed by atoms with Crippen molar-refractivity contribution in [3.05, 3.63) is 29.3 Å². The zero-order valence-corrected chi connectivity index (χ0v) is 11.9. The first kappa shape index (κ1) is 12.6. The third kappa shape index (κ3) is 2.79. The SMILES string of the molecule is CNCc1ccc(Sc2nnnn2C2CC2)c(C)c1. The van der Waals surface area contributed by atoms with Crippen LogP contribution >= 0.6 is 11.8 Å². The van der Waals surface area contributed by atoms with Gasteiger partial charge in [-0.2, -0.15) is 0 Å². The van der Waals surface area contributed by atoms with Gasteiger partial charge in [0.15, 0.2) is 0 Å². The molecule has 1 saturated carbocycles. The van der Waals surface area contributed by atoms with Gasteiger partial charge in [0.05, 0.1) is 6.04 Å². The van der Waals surface area contributed by atoms with E-state index < -0.39 is 0 Å². The van der Waals surface area contributed by atoms with Gasteiger partial charge >= 0.3 is 0 Å². The van der Waals surface area contributed by atoms with Gasteiger partial charge in [-0.15, -0.1) is 5.10 Å². The summed E-state index contributed by atoms with van der Waals surface area (Å²) < 4.78 is 1.95. The Labute approximate surface area is 116 Å². The van der Waals surface area contributed by atoms with Crippen LogP contribution in [0.25, 0.3) is 0 Å². The summed E-state index contributed by atoms with van der Waals surface area (Å²) in [4.78, 5) is 1.22. The molecule has 0 atom stereocenters. The van der Waals surface area contributed by atoms with E-state index in [9.17, 15) is 0 Å². The van der Waals surface area contributed by atoms with Crippen molar-refractivity contribution in [1.29, 1.82) is 0 Å². The Kier molecular flexibility index (Phi) is 3.52. The lowest BCUT2D eigenvalue weighted by molar-refractivity contribution is 0.565. The number of nitrogens with zero attached hydrogens (tertiary/aromatic N) is 4. The first-order chi connectivity index (χ1) is 9.28. The van der Waals surface area contributed by atoms with Gasteiger partial charge in [0, 0.05) is 11.4 Å². The summed E-state index contributed by atoms with van der Waals surface area (Å²) in [6.07, 6.45) is 2.39. The van der Waals surface area contributed by atoms with Crippen molar-refractivity contribution in [3.8, 4) is 0 Å². The molecule has 0 unspecified atom stereocenters. The maximum atomic E-state index is 4.13. The number of tetrazole rings is 1. The molecule has 19 heavy (non-hydrogen) atoms. The van der Waals surface area contributed by atoms with Crippen LogP contribution in [0.3, 0.4) is 0 Å². The number of benzene rings is 1. The highest BCUT2D eigenvalue weighted by Gasteiger charge is 2.28. The van der Waals surface area contributed by atoms with Crippen molar-refractivity contribution in [2.24, 2.45) is 0 Å². The molecule has 1 fully saturated rings. The van der Waals surface area contributed by atoms with Crippen LogP contribution in [0.2, 0.25) is 0 Å². The van der Waals surface area contributed by atoms with Gasteiger partial charge in [0.25, 0.3) is 0 Å². The highest BCUT2D eigenvalue weighted by molar-refractivity contribution is 7.99. The molecule has 100 valence electrons. The normalized spacial score (nSPS) is 14.8. The van der Waals surface area contributed by atoms with E-state index in [1.807, 2.05) is 11.7 Å². The van der Waals surface area contributed by atoms with Crippen LogP contribution in [0.5, 0.6) is 0 Å². The van der Waals surface area contributed by atoms with Gasteiger partial charge < -0.3 is 5.32 Å². The first-order valence-corrected chi connectivity index (χ1v) is 7.29. The Morgan fingerprint density at radius 1 is 1.42 bits per heavy atom. The van der Waals surface area contributed by atoms with E-state index in [1.54, 1.807) is 11.8 Å². The molecule has 6 heteroatoms. The predicted molar refractivity (Wildman–Crippen MR) is 74.2 cm³/mol. The second kappa shape index (κ2) is 5.30. The molecule has 1 aliphatic carbocycles. The Morgan fingerprint density at radius 2 is 2.26 bits per heavy atom. The zero-order chi connectivity index (χ0) is 13.2. The minimum absolute atomic E-state index is 0.515. The molecule has 3 rings (SSSR count). The Bertz CT molecular complexity index is 576. The number of hydrogen-bond acceptors (Lipinski definition) is 5. The Hall–Kier alpha value is -1.40. The van der Waals surface area contributed by atoms with Gasteiger partial charge in [-0.1, -0.05) is 12.1 Å². The summed E-state index contributed by atoms with van der Waals surface area (Å²) in [7, 11) is 1.96.